The van der Waals surface area contributed by atoms with Crippen LogP contribution in [0.15, 0.2) is 47.5 Å². The molecule has 0 amide bonds. The van der Waals surface area contributed by atoms with Crippen LogP contribution in [-0.4, -0.2) is 46.6 Å². The van der Waals surface area contributed by atoms with Gasteiger partial charge in [0.2, 0.25) is 5.69 Å². The third-order valence-electron chi connectivity index (χ3n) is 7.14. The van der Waals surface area contributed by atoms with Gasteiger partial charge in [-0.3, -0.25) is 14.2 Å². The molecule has 0 saturated heterocycles. The van der Waals surface area contributed by atoms with Gasteiger partial charge in [-0.05, 0) is 61.6 Å². The molecule has 0 aliphatic heterocycles. The summed E-state index contributed by atoms with van der Waals surface area (Å²) in [7, 11) is 1.88. The Bertz CT molecular complexity index is 1830. The Morgan fingerprint density at radius 1 is 1.28 bits per heavy atom. The molecule has 198 valence electrons. The molecule has 2 N–H and O–H groups in total. The fourth-order valence-corrected chi connectivity index (χ4v) is 5.13. The van der Waals surface area contributed by atoms with Crippen molar-refractivity contribution < 1.29 is 5.11 Å². The van der Waals surface area contributed by atoms with Gasteiger partial charge in [-0.1, -0.05) is 11.6 Å². The summed E-state index contributed by atoms with van der Waals surface area (Å²) < 4.78 is 5.40. The number of aliphatic hydroxyl groups is 1. The van der Waals surface area contributed by atoms with Crippen LogP contribution in [0.5, 0.6) is 0 Å². The Hall–Kier alpha value is -4.20. The minimum absolute atomic E-state index is 0.131. The van der Waals surface area contributed by atoms with Gasteiger partial charge in [0.15, 0.2) is 5.65 Å². The average molecular weight is 543 g/mol. The third-order valence-corrected chi connectivity index (χ3v) is 7.37. The second-order valence-corrected chi connectivity index (χ2v) is 10.6. The molecule has 1 fully saturated rings. The molecule has 5 aromatic rings. The summed E-state index contributed by atoms with van der Waals surface area (Å²) in [6.07, 6.45) is 5.66. The van der Waals surface area contributed by atoms with Crippen LogP contribution in [0.3, 0.4) is 0 Å². The maximum atomic E-state index is 13.3. The number of benzene rings is 1. The summed E-state index contributed by atoms with van der Waals surface area (Å²) in [5, 5.41) is 20.2. The zero-order valence-corrected chi connectivity index (χ0v) is 22.4. The molecule has 4 aromatic heterocycles. The van der Waals surface area contributed by atoms with Crippen molar-refractivity contribution in [3.8, 4) is 11.4 Å². The number of aromatic nitrogens is 6. The van der Waals surface area contributed by atoms with E-state index in [-0.39, 0.29) is 18.3 Å². The standard InChI is InChI=1S/C28H27ClN8O2/c1-16(15-38)32-26-24-25(23-11-20(30-2)14-35(23)3)37(34-27(24)36(28(39)33-26)12-17-4-5-17)13-18-8-9-31-22-7-6-19(29)10-21(18)22/h6-11,14,16-17,38H,4-5,12-13,15H2,1,3H3,(H,32,33,39). The summed E-state index contributed by atoms with van der Waals surface area (Å²) in [5.41, 5.74) is 3.89. The van der Waals surface area contributed by atoms with Gasteiger partial charge in [0.05, 0.1) is 42.0 Å². The molecule has 10 nitrogen and oxygen atoms in total. The Morgan fingerprint density at radius 3 is 2.82 bits per heavy atom. The van der Waals surface area contributed by atoms with Crippen molar-refractivity contribution in [2.24, 2.45) is 13.0 Å². The lowest BCUT2D eigenvalue weighted by molar-refractivity contribution is 0.281. The number of hydrogen-bond acceptors (Lipinski definition) is 6. The van der Waals surface area contributed by atoms with E-state index in [1.807, 2.05) is 53.6 Å². The quantitative estimate of drug-likeness (QED) is 0.277. The summed E-state index contributed by atoms with van der Waals surface area (Å²) in [5.74, 6) is 0.782. The van der Waals surface area contributed by atoms with Gasteiger partial charge in [0, 0.05) is 42.4 Å². The number of nitrogens with zero attached hydrogens (tertiary/aromatic N) is 7. The van der Waals surface area contributed by atoms with Gasteiger partial charge < -0.3 is 15.0 Å². The van der Waals surface area contributed by atoms with Gasteiger partial charge >= 0.3 is 5.69 Å². The monoisotopic (exact) mass is 542 g/mol. The fraction of sp³-hybridized carbons (Fsp3) is 0.321. The first kappa shape index (κ1) is 25.1. The van der Waals surface area contributed by atoms with E-state index in [0.29, 0.717) is 46.6 Å². The van der Waals surface area contributed by atoms with Crippen LogP contribution in [0.4, 0.5) is 11.5 Å². The highest BCUT2D eigenvalue weighted by Gasteiger charge is 2.28. The smallest absolute Gasteiger partial charge is 0.351 e. The van der Waals surface area contributed by atoms with Crippen LogP contribution in [-0.2, 0) is 20.1 Å². The molecule has 1 atom stereocenters. The molecule has 6 rings (SSSR count). The maximum Gasteiger partial charge on any atom is 0.351 e. The number of rotatable bonds is 8. The van der Waals surface area contributed by atoms with E-state index in [0.717, 1.165) is 40.7 Å². The van der Waals surface area contributed by atoms with Crippen molar-refractivity contribution in [1.82, 2.24) is 28.9 Å². The largest absolute Gasteiger partial charge is 0.394 e. The molecule has 0 spiro atoms. The highest BCUT2D eigenvalue weighted by molar-refractivity contribution is 6.31. The SMILES string of the molecule is [C-]#[N+]c1cc(-c2c3c(NC(C)CO)nc(=O)n(CC4CC4)c3nn2Cc2ccnc3ccc(Cl)cc23)n(C)c1. The first-order valence-corrected chi connectivity index (χ1v) is 13.2. The molecule has 0 bridgehead atoms. The number of halogens is 1. The molecule has 1 aliphatic carbocycles. The first-order valence-electron chi connectivity index (χ1n) is 12.8. The van der Waals surface area contributed by atoms with Crippen LogP contribution < -0.4 is 11.0 Å². The molecule has 39 heavy (non-hydrogen) atoms. The Labute approximate surface area is 229 Å². The van der Waals surface area contributed by atoms with Crippen LogP contribution in [0, 0.1) is 12.5 Å². The van der Waals surface area contributed by atoms with Crippen molar-refractivity contribution in [1.29, 1.82) is 0 Å². The summed E-state index contributed by atoms with van der Waals surface area (Å²) in [6, 6.07) is 9.00. The fourth-order valence-electron chi connectivity index (χ4n) is 4.96. The van der Waals surface area contributed by atoms with Crippen molar-refractivity contribution >= 4 is 45.0 Å². The summed E-state index contributed by atoms with van der Waals surface area (Å²) in [4.78, 5) is 25.8. The normalized spacial score (nSPS) is 14.1. The second kappa shape index (κ2) is 9.84. The summed E-state index contributed by atoms with van der Waals surface area (Å²) in [6.45, 7) is 10.2. The van der Waals surface area contributed by atoms with Gasteiger partial charge in [-0.15, -0.1) is 0 Å². The lowest BCUT2D eigenvalue weighted by Crippen LogP contribution is -2.28. The Kier molecular flexibility index (Phi) is 6.33. The minimum Gasteiger partial charge on any atom is -0.394 e. The average Bonchev–Trinajstić information content (AvgIpc) is 3.56. The van der Waals surface area contributed by atoms with Gasteiger partial charge in [0.1, 0.15) is 5.82 Å². The van der Waals surface area contributed by atoms with Gasteiger partial charge in [-0.25, -0.2) is 9.64 Å². The molecular formula is C28H27ClN8O2. The molecule has 1 aromatic carbocycles. The number of aryl methyl sites for hydroxylation is 1. The predicted molar refractivity (Wildman–Crippen MR) is 151 cm³/mol. The van der Waals surface area contributed by atoms with Gasteiger partial charge in [-0.2, -0.15) is 10.1 Å². The number of pyridine rings is 1. The molecule has 1 unspecified atom stereocenters. The number of anilines is 1. The summed E-state index contributed by atoms with van der Waals surface area (Å²) >= 11 is 6.34. The van der Waals surface area contributed by atoms with Gasteiger partial charge in [0.25, 0.3) is 0 Å². The molecule has 1 saturated carbocycles. The molecule has 4 heterocycles. The molecular weight excluding hydrogens is 516 g/mol. The Balaban J connectivity index is 1.65. The molecule has 0 radical (unpaired) electrons. The number of hydrogen-bond donors (Lipinski definition) is 2. The Morgan fingerprint density at radius 2 is 2.10 bits per heavy atom. The predicted octanol–water partition coefficient (Wildman–Crippen LogP) is 4.60. The van der Waals surface area contributed by atoms with E-state index in [1.54, 1.807) is 17.0 Å². The van der Waals surface area contributed by atoms with E-state index in [9.17, 15) is 9.90 Å². The van der Waals surface area contributed by atoms with E-state index in [4.69, 9.17) is 23.3 Å². The number of nitrogens with one attached hydrogen (secondary N) is 1. The van der Waals surface area contributed by atoms with Crippen molar-refractivity contribution in [2.45, 2.75) is 38.9 Å². The van der Waals surface area contributed by atoms with E-state index in [2.05, 4.69) is 20.1 Å². The lowest BCUT2D eigenvalue weighted by Gasteiger charge is -2.15. The lowest BCUT2D eigenvalue weighted by atomic mass is 10.1. The number of aliphatic hydroxyl groups excluding tert-OH is 1. The van der Waals surface area contributed by atoms with Crippen LogP contribution in [0.1, 0.15) is 25.3 Å². The van der Waals surface area contributed by atoms with Crippen molar-refractivity contribution in [2.75, 3.05) is 11.9 Å². The molecule has 1 aliphatic rings. The van der Waals surface area contributed by atoms with Crippen LogP contribution in [0.2, 0.25) is 5.02 Å². The first-order chi connectivity index (χ1) is 18.9. The van der Waals surface area contributed by atoms with Crippen molar-refractivity contribution in [3.05, 3.63) is 75.2 Å². The van der Waals surface area contributed by atoms with E-state index >= 15 is 0 Å². The third kappa shape index (κ3) is 4.64. The topological polar surface area (TPSA) is 107 Å². The number of fused-ring (bicyclic) bond motifs is 2. The maximum absolute atomic E-state index is 13.3. The van der Waals surface area contributed by atoms with Crippen LogP contribution in [0.25, 0.3) is 38.2 Å². The van der Waals surface area contributed by atoms with Crippen LogP contribution >= 0.6 is 11.6 Å². The highest BCUT2D eigenvalue weighted by atomic mass is 35.5. The molecule has 11 heteroatoms. The zero-order chi connectivity index (χ0) is 27.3. The van der Waals surface area contributed by atoms with E-state index < -0.39 is 0 Å². The minimum atomic E-state index is -0.381. The van der Waals surface area contributed by atoms with E-state index in [1.165, 1.54) is 0 Å². The second-order valence-electron chi connectivity index (χ2n) is 10.2. The zero-order valence-electron chi connectivity index (χ0n) is 21.6. The van der Waals surface area contributed by atoms with Crippen molar-refractivity contribution in [3.63, 3.8) is 0 Å². The highest BCUT2D eigenvalue weighted by Crippen LogP contribution is 2.37.